The maximum atomic E-state index is 11.8. The number of carbonyl (C=O) groups is 1. The van der Waals surface area contributed by atoms with Crippen molar-refractivity contribution in [2.75, 3.05) is 19.8 Å². The number of nitrogens with one attached hydrogen (secondary N) is 1. The Morgan fingerprint density at radius 1 is 1.22 bits per heavy atom. The van der Waals surface area contributed by atoms with E-state index >= 15 is 0 Å². The first-order valence-electron chi connectivity index (χ1n) is 5.11. The molecule has 6 nitrogen and oxygen atoms in total. The Labute approximate surface area is 108 Å². The molecule has 1 aromatic carbocycles. The van der Waals surface area contributed by atoms with E-state index in [4.69, 9.17) is 26.9 Å². The Bertz CT molecular complexity index is 425. The Morgan fingerprint density at radius 2 is 1.78 bits per heavy atom. The lowest BCUT2D eigenvalue weighted by Crippen LogP contribution is -2.57. The molecule has 1 amide bonds. The molecule has 0 atom stereocenters. The average molecular weight is 276 g/mol. The van der Waals surface area contributed by atoms with Gasteiger partial charge in [-0.1, -0.05) is 11.6 Å². The maximum Gasteiger partial charge on any atom is 0.255 e. The van der Waals surface area contributed by atoms with Crippen molar-refractivity contribution in [1.82, 2.24) is 5.32 Å². The maximum absolute atomic E-state index is 11.8. The fourth-order valence-electron chi connectivity index (χ4n) is 1.27. The van der Waals surface area contributed by atoms with E-state index in [1.165, 1.54) is 18.2 Å². The van der Waals surface area contributed by atoms with Gasteiger partial charge in [0.2, 0.25) is 0 Å². The number of benzene rings is 1. The topological polar surface area (TPSA) is 110 Å². The smallest absolute Gasteiger partial charge is 0.255 e. The number of rotatable bonds is 5. The van der Waals surface area contributed by atoms with Crippen molar-refractivity contribution in [3.8, 4) is 5.75 Å². The molecule has 0 heterocycles. The van der Waals surface area contributed by atoms with Crippen LogP contribution >= 0.6 is 11.6 Å². The lowest BCUT2D eigenvalue weighted by molar-refractivity contribution is 0.0374. The molecule has 1 rings (SSSR count). The summed E-state index contributed by atoms with van der Waals surface area (Å²) in [6.07, 6.45) is 0. The second kappa shape index (κ2) is 6.01. The van der Waals surface area contributed by atoms with Crippen LogP contribution in [0.5, 0.6) is 5.75 Å². The summed E-state index contributed by atoms with van der Waals surface area (Å²) >= 11 is 5.62. The van der Waals surface area contributed by atoms with Crippen LogP contribution in [0.2, 0.25) is 5.02 Å². The molecule has 0 aromatic heterocycles. The zero-order chi connectivity index (χ0) is 13.8. The lowest BCUT2D eigenvalue weighted by atomic mass is 10.0. The van der Waals surface area contributed by atoms with E-state index in [0.29, 0.717) is 0 Å². The van der Waals surface area contributed by atoms with Gasteiger partial charge in [0.05, 0.1) is 25.4 Å². The number of amides is 1. The average Bonchev–Trinajstić information content (AvgIpc) is 2.36. The minimum Gasteiger partial charge on any atom is -0.507 e. The van der Waals surface area contributed by atoms with Crippen LogP contribution in [0.1, 0.15) is 10.4 Å². The van der Waals surface area contributed by atoms with Crippen molar-refractivity contribution >= 4 is 17.5 Å². The zero-order valence-corrected chi connectivity index (χ0v) is 10.2. The number of aromatic hydroxyl groups is 1. The summed E-state index contributed by atoms with van der Waals surface area (Å²) in [5.74, 6) is -1.07. The van der Waals surface area contributed by atoms with Crippen LogP contribution in [0.4, 0.5) is 0 Å². The van der Waals surface area contributed by atoms with Gasteiger partial charge in [0, 0.05) is 5.02 Å². The third-order valence-electron chi connectivity index (χ3n) is 2.49. The Kier molecular flexibility index (Phi) is 4.92. The van der Waals surface area contributed by atoms with Crippen LogP contribution in [0.3, 0.4) is 0 Å². The number of halogens is 1. The number of hydrogen-bond donors (Lipinski definition) is 5. The molecule has 1 aromatic rings. The summed E-state index contributed by atoms with van der Waals surface area (Å²) < 4.78 is 0. The van der Waals surface area contributed by atoms with Crippen LogP contribution < -0.4 is 5.32 Å². The summed E-state index contributed by atoms with van der Waals surface area (Å²) in [5, 5.41) is 39.3. The van der Waals surface area contributed by atoms with Crippen molar-refractivity contribution < 1.29 is 25.2 Å². The molecule has 7 heteroatoms. The van der Waals surface area contributed by atoms with E-state index in [9.17, 15) is 9.90 Å². The number of hydrogen-bond acceptors (Lipinski definition) is 5. The first-order valence-corrected chi connectivity index (χ1v) is 5.49. The highest BCUT2D eigenvalue weighted by molar-refractivity contribution is 6.30. The molecule has 0 aliphatic carbocycles. The first kappa shape index (κ1) is 14.7. The van der Waals surface area contributed by atoms with E-state index in [0.717, 1.165) is 0 Å². The fraction of sp³-hybridized carbons (Fsp3) is 0.364. The fourth-order valence-corrected chi connectivity index (χ4v) is 1.44. The van der Waals surface area contributed by atoms with Crippen LogP contribution in [0.15, 0.2) is 18.2 Å². The van der Waals surface area contributed by atoms with Crippen LogP contribution in [-0.4, -0.2) is 51.7 Å². The van der Waals surface area contributed by atoms with Crippen molar-refractivity contribution in [3.05, 3.63) is 28.8 Å². The van der Waals surface area contributed by atoms with Crippen molar-refractivity contribution in [2.24, 2.45) is 0 Å². The van der Waals surface area contributed by atoms with E-state index in [1.54, 1.807) is 0 Å². The molecule has 0 bridgehead atoms. The van der Waals surface area contributed by atoms with Gasteiger partial charge in [-0.05, 0) is 18.2 Å². The minimum atomic E-state index is -1.54. The van der Waals surface area contributed by atoms with Crippen molar-refractivity contribution in [2.45, 2.75) is 5.54 Å². The van der Waals surface area contributed by atoms with Gasteiger partial charge in [0.15, 0.2) is 0 Å². The largest absolute Gasteiger partial charge is 0.507 e. The van der Waals surface area contributed by atoms with E-state index in [2.05, 4.69) is 5.32 Å². The highest BCUT2D eigenvalue weighted by atomic mass is 35.5. The van der Waals surface area contributed by atoms with Gasteiger partial charge in [-0.3, -0.25) is 4.79 Å². The molecule has 0 aliphatic rings. The van der Waals surface area contributed by atoms with E-state index in [-0.39, 0.29) is 16.3 Å². The van der Waals surface area contributed by atoms with Gasteiger partial charge in [-0.15, -0.1) is 0 Å². The number of carbonyl (C=O) groups excluding carboxylic acids is 1. The number of phenols is 1. The Balaban J connectivity index is 2.94. The molecule has 0 radical (unpaired) electrons. The first-order chi connectivity index (χ1) is 8.48. The second-order valence-electron chi connectivity index (χ2n) is 3.87. The third-order valence-corrected chi connectivity index (χ3v) is 2.73. The molecular weight excluding hydrogens is 262 g/mol. The summed E-state index contributed by atoms with van der Waals surface area (Å²) in [6.45, 7) is -1.92. The van der Waals surface area contributed by atoms with Gasteiger partial charge in [0.25, 0.3) is 5.91 Å². The summed E-state index contributed by atoms with van der Waals surface area (Å²) in [4.78, 5) is 11.8. The number of aliphatic hydroxyl groups excluding tert-OH is 3. The normalized spacial score (nSPS) is 11.3. The molecule has 0 spiro atoms. The highest BCUT2D eigenvalue weighted by Gasteiger charge is 2.31. The number of phenolic OH excluding ortho intramolecular Hbond substituents is 1. The molecule has 0 saturated carbocycles. The van der Waals surface area contributed by atoms with E-state index < -0.39 is 31.3 Å². The monoisotopic (exact) mass is 275 g/mol. The van der Waals surface area contributed by atoms with Crippen molar-refractivity contribution in [3.63, 3.8) is 0 Å². The van der Waals surface area contributed by atoms with Gasteiger partial charge < -0.3 is 25.7 Å². The SMILES string of the molecule is O=C(NC(CO)(CO)CO)c1ccc(Cl)cc1O. The molecular formula is C11H14ClNO5. The zero-order valence-electron chi connectivity index (χ0n) is 9.43. The van der Waals surface area contributed by atoms with Gasteiger partial charge >= 0.3 is 0 Å². The standard InChI is InChI=1S/C11H14ClNO5/c12-7-1-2-8(9(17)3-7)10(18)13-11(4-14,5-15)6-16/h1-3,14-17H,4-6H2,(H,13,18). The number of aliphatic hydroxyl groups is 3. The van der Waals surface area contributed by atoms with Gasteiger partial charge in [-0.2, -0.15) is 0 Å². The van der Waals surface area contributed by atoms with Gasteiger partial charge in [0.1, 0.15) is 11.3 Å². The Hall–Kier alpha value is -1.34. The van der Waals surface area contributed by atoms with Crippen molar-refractivity contribution in [1.29, 1.82) is 0 Å². The van der Waals surface area contributed by atoms with Gasteiger partial charge in [-0.25, -0.2) is 0 Å². The molecule has 18 heavy (non-hydrogen) atoms. The van der Waals surface area contributed by atoms with Crippen LogP contribution in [0, 0.1) is 0 Å². The van der Waals surface area contributed by atoms with E-state index in [1.807, 2.05) is 0 Å². The third kappa shape index (κ3) is 3.11. The van der Waals surface area contributed by atoms with Crippen LogP contribution in [-0.2, 0) is 0 Å². The lowest BCUT2D eigenvalue weighted by Gasteiger charge is -2.28. The predicted molar refractivity (Wildman–Crippen MR) is 64.6 cm³/mol. The summed E-state index contributed by atoms with van der Waals surface area (Å²) in [5.41, 5.74) is -1.61. The Morgan fingerprint density at radius 3 is 2.22 bits per heavy atom. The predicted octanol–water partition coefficient (Wildman–Crippen LogP) is -0.509. The molecule has 0 fully saturated rings. The van der Waals surface area contributed by atoms with Crippen LogP contribution in [0.25, 0.3) is 0 Å². The quantitative estimate of drug-likeness (QED) is 0.497. The second-order valence-corrected chi connectivity index (χ2v) is 4.31. The molecule has 5 N–H and O–H groups in total. The molecule has 0 aliphatic heterocycles. The minimum absolute atomic E-state index is 0.0703. The molecule has 0 unspecified atom stereocenters. The molecule has 100 valence electrons. The summed E-state index contributed by atoms with van der Waals surface area (Å²) in [7, 11) is 0. The highest BCUT2D eigenvalue weighted by Crippen LogP contribution is 2.22. The summed E-state index contributed by atoms with van der Waals surface area (Å²) in [6, 6.07) is 3.90. The molecule has 0 saturated heterocycles.